The molecule has 5 nitrogen and oxygen atoms in total. The van der Waals surface area contributed by atoms with Crippen LogP contribution in [-0.4, -0.2) is 32.7 Å². The van der Waals surface area contributed by atoms with Gasteiger partial charge in [0, 0.05) is 18.8 Å². The lowest BCUT2D eigenvalue weighted by Crippen LogP contribution is -2.29. The van der Waals surface area contributed by atoms with E-state index in [0.29, 0.717) is 12.6 Å². The number of hydrogen-bond donors (Lipinski definition) is 2. The summed E-state index contributed by atoms with van der Waals surface area (Å²) in [6, 6.07) is 0.633. The smallest absolute Gasteiger partial charge is 0.0964 e. The third-order valence-corrected chi connectivity index (χ3v) is 3.59. The van der Waals surface area contributed by atoms with E-state index in [-0.39, 0.29) is 6.61 Å². The van der Waals surface area contributed by atoms with Crippen molar-refractivity contribution in [3.8, 4) is 0 Å². The lowest BCUT2D eigenvalue weighted by Gasteiger charge is -2.20. The molecule has 0 spiro atoms. The van der Waals surface area contributed by atoms with Crippen LogP contribution in [0.25, 0.3) is 0 Å². The fourth-order valence-electron chi connectivity index (χ4n) is 2.54. The van der Waals surface area contributed by atoms with Crippen LogP contribution in [0.3, 0.4) is 0 Å². The van der Waals surface area contributed by atoms with Crippen molar-refractivity contribution in [3.63, 3.8) is 0 Å². The maximum atomic E-state index is 8.82. The molecule has 18 heavy (non-hydrogen) atoms. The van der Waals surface area contributed by atoms with E-state index in [1.54, 1.807) is 4.68 Å². The minimum Gasteiger partial charge on any atom is -0.394 e. The quantitative estimate of drug-likeness (QED) is 0.833. The molecule has 5 heteroatoms. The number of nitrogens with one attached hydrogen (secondary N) is 1. The molecular weight excluding hydrogens is 228 g/mol. The van der Waals surface area contributed by atoms with E-state index in [1.165, 1.54) is 44.9 Å². The number of aliphatic hydroxyl groups is 1. The molecule has 0 atom stereocenters. The van der Waals surface area contributed by atoms with Gasteiger partial charge in [0.1, 0.15) is 0 Å². The van der Waals surface area contributed by atoms with Gasteiger partial charge in [-0.15, -0.1) is 5.10 Å². The molecule has 0 saturated heterocycles. The number of aromatic nitrogens is 3. The van der Waals surface area contributed by atoms with Crippen LogP contribution in [0.2, 0.25) is 0 Å². The predicted molar refractivity (Wildman–Crippen MR) is 70.1 cm³/mol. The third kappa shape index (κ3) is 4.38. The topological polar surface area (TPSA) is 63.0 Å². The SMILES string of the molecule is OCCn1cc(CNC2CCCCCCC2)nn1. The Bertz CT molecular complexity index is 331. The van der Waals surface area contributed by atoms with Gasteiger partial charge in [-0.2, -0.15) is 0 Å². The highest BCUT2D eigenvalue weighted by molar-refractivity contribution is 4.92. The van der Waals surface area contributed by atoms with Crippen LogP contribution in [0.1, 0.15) is 50.6 Å². The maximum Gasteiger partial charge on any atom is 0.0964 e. The van der Waals surface area contributed by atoms with E-state index >= 15 is 0 Å². The molecule has 2 rings (SSSR count). The first kappa shape index (κ1) is 13.5. The number of hydrogen-bond acceptors (Lipinski definition) is 4. The van der Waals surface area contributed by atoms with Gasteiger partial charge < -0.3 is 10.4 Å². The molecule has 1 heterocycles. The van der Waals surface area contributed by atoms with Crippen molar-refractivity contribution in [2.24, 2.45) is 0 Å². The largest absolute Gasteiger partial charge is 0.394 e. The van der Waals surface area contributed by atoms with E-state index < -0.39 is 0 Å². The van der Waals surface area contributed by atoms with Crippen LogP contribution in [0.5, 0.6) is 0 Å². The van der Waals surface area contributed by atoms with E-state index in [0.717, 1.165) is 12.2 Å². The summed E-state index contributed by atoms with van der Waals surface area (Å²) in [5.41, 5.74) is 0.963. The number of nitrogens with zero attached hydrogens (tertiary/aromatic N) is 3. The van der Waals surface area contributed by atoms with Crippen LogP contribution in [0, 0.1) is 0 Å². The highest BCUT2D eigenvalue weighted by Gasteiger charge is 2.11. The number of aliphatic hydroxyl groups excluding tert-OH is 1. The van der Waals surface area contributed by atoms with Crippen molar-refractivity contribution in [1.82, 2.24) is 20.3 Å². The van der Waals surface area contributed by atoms with E-state index in [1.807, 2.05) is 6.20 Å². The summed E-state index contributed by atoms with van der Waals surface area (Å²) >= 11 is 0. The standard InChI is InChI=1S/C13H24N4O/c18-9-8-17-11-13(15-16-17)10-14-12-6-4-2-1-3-5-7-12/h11-12,14,18H,1-10H2. The van der Waals surface area contributed by atoms with Crippen molar-refractivity contribution in [2.75, 3.05) is 6.61 Å². The monoisotopic (exact) mass is 252 g/mol. The summed E-state index contributed by atoms with van der Waals surface area (Å²) in [5.74, 6) is 0. The van der Waals surface area contributed by atoms with Crippen LogP contribution in [0.15, 0.2) is 6.20 Å². The molecule has 0 aromatic carbocycles. The molecule has 1 aromatic rings. The maximum absolute atomic E-state index is 8.82. The zero-order valence-electron chi connectivity index (χ0n) is 11.0. The minimum atomic E-state index is 0.110. The molecule has 0 bridgehead atoms. The van der Waals surface area contributed by atoms with E-state index in [4.69, 9.17) is 5.11 Å². The zero-order valence-corrected chi connectivity index (χ0v) is 11.0. The predicted octanol–water partition coefficient (Wildman–Crippen LogP) is 1.47. The lowest BCUT2D eigenvalue weighted by molar-refractivity contribution is 0.268. The van der Waals surface area contributed by atoms with Crippen LogP contribution >= 0.6 is 0 Å². The van der Waals surface area contributed by atoms with Gasteiger partial charge in [0.05, 0.1) is 18.8 Å². The van der Waals surface area contributed by atoms with E-state index in [9.17, 15) is 0 Å². The second-order valence-corrected chi connectivity index (χ2v) is 5.12. The Labute approximate surface area is 109 Å². The molecule has 0 aliphatic heterocycles. The first-order chi connectivity index (χ1) is 8.88. The first-order valence-electron chi connectivity index (χ1n) is 7.12. The van der Waals surface area contributed by atoms with Gasteiger partial charge in [0.2, 0.25) is 0 Å². The minimum absolute atomic E-state index is 0.110. The van der Waals surface area contributed by atoms with Crippen LogP contribution in [-0.2, 0) is 13.1 Å². The Balaban J connectivity index is 1.74. The van der Waals surface area contributed by atoms with Crippen molar-refractivity contribution in [3.05, 3.63) is 11.9 Å². The number of rotatable bonds is 5. The lowest BCUT2D eigenvalue weighted by atomic mass is 9.97. The molecule has 1 aliphatic carbocycles. The summed E-state index contributed by atoms with van der Waals surface area (Å²) in [7, 11) is 0. The molecule has 102 valence electrons. The molecule has 1 aliphatic rings. The van der Waals surface area contributed by atoms with Gasteiger partial charge in [-0.1, -0.05) is 37.3 Å². The van der Waals surface area contributed by atoms with Gasteiger partial charge in [0.15, 0.2) is 0 Å². The Morgan fingerprint density at radius 2 is 1.94 bits per heavy atom. The summed E-state index contributed by atoms with van der Waals surface area (Å²) in [4.78, 5) is 0. The first-order valence-corrected chi connectivity index (χ1v) is 7.12. The highest BCUT2D eigenvalue weighted by atomic mass is 16.3. The Kier molecular flexibility index (Phi) is 5.61. The summed E-state index contributed by atoms with van der Waals surface area (Å²) in [5, 5.41) is 20.5. The van der Waals surface area contributed by atoms with Gasteiger partial charge in [-0.3, -0.25) is 0 Å². The molecule has 0 radical (unpaired) electrons. The molecule has 1 saturated carbocycles. The molecule has 2 N–H and O–H groups in total. The Morgan fingerprint density at radius 3 is 2.67 bits per heavy atom. The summed E-state index contributed by atoms with van der Waals surface area (Å²) in [6.07, 6.45) is 11.3. The van der Waals surface area contributed by atoms with Crippen molar-refractivity contribution >= 4 is 0 Å². The second kappa shape index (κ2) is 7.48. The molecule has 1 fully saturated rings. The molecule has 1 aromatic heterocycles. The highest BCUT2D eigenvalue weighted by Crippen LogP contribution is 2.17. The Morgan fingerprint density at radius 1 is 1.22 bits per heavy atom. The second-order valence-electron chi connectivity index (χ2n) is 5.12. The van der Waals surface area contributed by atoms with Crippen molar-refractivity contribution in [2.45, 2.75) is 64.1 Å². The van der Waals surface area contributed by atoms with Gasteiger partial charge in [0.25, 0.3) is 0 Å². The Hall–Kier alpha value is -0.940. The fraction of sp³-hybridized carbons (Fsp3) is 0.846. The van der Waals surface area contributed by atoms with Crippen molar-refractivity contribution < 1.29 is 5.11 Å². The van der Waals surface area contributed by atoms with Crippen LogP contribution in [0.4, 0.5) is 0 Å². The zero-order chi connectivity index (χ0) is 12.6. The summed E-state index contributed by atoms with van der Waals surface area (Å²) < 4.78 is 1.69. The molecular formula is C13H24N4O. The van der Waals surface area contributed by atoms with Gasteiger partial charge in [-0.25, -0.2) is 4.68 Å². The third-order valence-electron chi connectivity index (χ3n) is 3.59. The average Bonchev–Trinajstić information content (AvgIpc) is 2.76. The normalized spacial score (nSPS) is 18.5. The van der Waals surface area contributed by atoms with Gasteiger partial charge >= 0.3 is 0 Å². The molecule has 0 unspecified atom stereocenters. The average molecular weight is 252 g/mol. The van der Waals surface area contributed by atoms with E-state index in [2.05, 4.69) is 15.6 Å². The van der Waals surface area contributed by atoms with Crippen molar-refractivity contribution in [1.29, 1.82) is 0 Å². The summed E-state index contributed by atoms with van der Waals surface area (Å²) in [6.45, 7) is 1.42. The van der Waals surface area contributed by atoms with Gasteiger partial charge in [-0.05, 0) is 12.8 Å². The fourth-order valence-corrected chi connectivity index (χ4v) is 2.54. The van der Waals surface area contributed by atoms with Crippen LogP contribution < -0.4 is 5.32 Å². The molecule has 0 amide bonds.